The summed E-state index contributed by atoms with van der Waals surface area (Å²) >= 11 is 0. The van der Waals surface area contributed by atoms with Gasteiger partial charge in [-0.05, 0) is 0 Å². The van der Waals surface area contributed by atoms with Crippen LogP contribution >= 0.6 is 0 Å². The molecule has 0 heterocycles. The Bertz CT molecular complexity index is 307. The van der Waals surface area contributed by atoms with Crippen LogP contribution in [0.5, 0.6) is 0 Å². The third-order valence-electron chi connectivity index (χ3n) is 1.86. The number of carbonyl (C=O) groups is 3. The van der Waals surface area contributed by atoms with Crippen LogP contribution in [-0.2, 0) is 42.8 Å². The first-order chi connectivity index (χ1) is 9.91. The Labute approximate surface area is 122 Å². The summed E-state index contributed by atoms with van der Waals surface area (Å²) in [7, 11) is 0. The zero-order valence-corrected chi connectivity index (χ0v) is 12.3. The van der Waals surface area contributed by atoms with E-state index in [1.165, 1.54) is 20.8 Å². The second kappa shape index (κ2) is 12.1. The van der Waals surface area contributed by atoms with E-state index in [4.69, 9.17) is 14.2 Å². The van der Waals surface area contributed by atoms with Crippen molar-refractivity contribution >= 4 is 17.9 Å². The van der Waals surface area contributed by atoms with Crippen molar-refractivity contribution in [2.45, 2.75) is 26.9 Å². The minimum atomic E-state index is -0.588. The molecule has 9 heteroatoms. The Morgan fingerprint density at radius 2 is 1.10 bits per heavy atom. The molecule has 0 rings (SSSR count). The average molecular weight is 308 g/mol. The summed E-state index contributed by atoms with van der Waals surface area (Å²) in [5.41, 5.74) is 0. The summed E-state index contributed by atoms with van der Waals surface area (Å²) in [6.45, 7) is 3.09. The molecule has 122 valence electrons. The molecule has 0 unspecified atom stereocenters. The van der Waals surface area contributed by atoms with Crippen LogP contribution in [0.25, 0.3) is 0 Å². The van der Waals surface area contributed by atoms with Gasteiger partial charge in [0.1, 0.15) is 6.10 Å². The molecule has 0 saturated carbocycles. The lowest BCUT2D eigenvalue weighted by atomic mass is 10.4. The first kappa shape index (κ1) is 19.3. The monoisotopic (exact) mass is 308 g/mol. The third kappa shape index (κ3) is 14.5. The van der Waals surface area contributed by atoms with Crippen LogP contribution < -0.4 is 0 Å². The van der Waals surface area contributed by atoms with Crippen LogP contribution in [0.1, 0.15) is 20.8 Å². The van der Waals surface area contributed by atoms with Crippen LogP contribution in [0.2, 0.25) is 0 Å². The van der Waals surface area contributed by atoms with Crippen molar-refractivity contribution < 1.29 is 42.8 Å². The van der Waals surface area contributed by atoms with Crippen LogP contribution in [0.3, 0.4) is 0 Å². The van der Waals surface area contributed by atoms with Crippen molar-refractivity contribution in [2.24, 2.45) is 0 Å². The molecule has 0 amide bonds. The Kier molecular flexibility index (Phi) is 11.1. The highest BCUT2D eigenvalue weighted by Gasteiger charge is 2.11. The molecule has 9 nitrogen and oxygen atoms in total. The maximum Gasteiger partial charge on any atom is 0.304 e. The predicted molar refractivity (Wildman–Crippen MR) is 66.7 cm³/mol. The van der Waals surface area contributed by atoms with E-state index >= 15 is 0 Å². The van der Waals surface area contributed by atoms with Crippen molar-refractivity contribution in [2.75, 3.05) is 33.6 Å². The Morgan fingerprint density at radius 3 is 1.48 bits per heavy atom. The van der Waals surface area contributed by atoms with Gasteiger partial charge in [-0.2, -0.15) is 0 Å². The molecule has 21 heavy (non-hydrogen) atoms. The topological polar surface area (TPSA) is 107 Å². The maximum absolute atomic E-state index is 10.6. The van der Waals surface area contributed by atoms with E-state index in [1.807, 2.05) is 0 Å². The summed E-state index contributed by atoms with van der Waals surface area (Å²) in [5, 5.41) is 0. The van der Waals surface area contributed by atoms with Crippen molar-refractivity contribution in [3.63, 3.8) is 0 Å². The SMILES string of the molecule is CC(=O)OCOCC(COCOC(C)=O)OCOC(C)=O. The smallest absolute Gasteiger partial charge is 0.304 e. The summed E-state index contributed by atoms with van der Waals surface area (Å²) in [5.74, 6) is -1.44. The lowest BCUT2D eigenvalue weighted by Gasteiger charge is -2.17. The first-order valence-corrected chi connectivity index (χ1v) is 6.09. The highest BCUT2D eigenvalue weighted by Crippen LogP contribution is 1.97. The van der Waals surface area contributed by atoms with Gasteiger partial charge in [-0.25, -0.2) is 0 Å². The average Bonchev–Trinajstić information content (AvgIpc) is 2.37. The lowest BCUT2D eigenvalue weighted by molar-refractivity contribution is -0.181. The fourth-order valence-corrected chi connectivity index (χ4v) is 0.966. The summed E-state index contributed by atoms with van der Waals surface area (Å²) < 4.78 is 29.1. The Hall–Kier alpha value is -1.71. The number of ether oxygens (including phenoxy) is 6. The highest BCUT2D eigenvalue weighted by atomic mass is 16.7. The largest absolute Gasteiger partial charge is 0.439 e. The van der Waals surface area contributed by atoms with E-state index in [9.17, 15) is 14.4 Å². The lowest BCUT2D eigenvalue weighted by Crippen LogP contribution is -2.28. The summed E-state index contributed by atoms with van der Waals surface area (Å²) in [4.78, 5) is 31.7. The predicted octanol–water partition coefficient (Wildman–Crippen LogP) is -0.0334. The van der Waals surface area contributed by atoms with Crippen molar-refractivity contribution in [3.8, 4) is 0 Å². The first-order valence-electron chi connectivity index (χ1n) is 6.09. The van der Waals surface area contributed by atoms with E-state index in [0.717, 1.165) is 0 Å². The van der Waals surface area contributed by atoms with Crippen LogP contribution in [0.15, 0.2) is 0 Å². The number of carbonyl (C=O) groups excluding carboxylic acids is 3. The molecule has 0 aromatic rings. The zero-order valence-electron chi connectivity index (χ0n) is 12.3. The van der Waals surface area contributed by atoms with E-state index in [2.05, 4.69) is 14.2 Å². The van der Waals surface area contributed by atoms with Crippen molar-refractivity contribution in [3.05, 3.63) is 0 Å². The molecule has 0 saturated heterocycles. The molecule has 0 spiro atoms. The summed E-state index contributed by atoms with van der Waals surface area (Å²) in [6, 6.07) is 0. The number of rotatable bonds is 11. The van der Waals surface area contributed by atoms with Gasteiger partial charge in [0.25, 0.3) is 0 Å². The normalized spacial score (nSPS) is 10.3. The zero-order chi connectivity index (χ0) is 16.1. The van der Waals surface area contributed by atoms with Gasteiger partial charge in [-0.3, -0.25) is 14.4 Å². The Balaban J connectivity index is 3.92. The fourth-order valence-electron chi connectivity index (χ4n) is 0.966. The van der Waals surface area contributed by atoms with Gasteiger partial charge < -0.3 is 28.4 Å². The molecule has 0 N–H and O–H groups in total. The molecule has 0 atom stereocenters. The van der Waals surface area contributed by atoms with Crippen molar-refractivity contribution in [1.82, 2.24) is 0 Å². The van der Waals surface area contributed by atoms with Gasteiger partial charge in [0, 0.05) is 20.8 Å². The molecule has 0 aromatic heterocycles. The fraction of sp³-hybridized carbons (Fsp3) is 0.750. The number of hydrogen-bond donors (Lipinski definition) is 0. The van der Waals surface area contributed by atoms with Gasteiger partial charge in [0.15, 0.2) is 20.4 Å². The molecule has 0 aliphatic carbocycles. The molecule has 0 aliphatic rings. The van der Waals surface area contributed by atoms with Gasteiger partial charge in [0.05, 0.1) is 13.2 Å². The van der Waals surface area contributed by atoms with E-state index in [0.29, 0.717) is 0 Å². The molecular weight excluding hydrogens is 288 g/mol. The summed E-state index contributed by atoms with van der Waals surface area (Å²) in [6.07, 6.45) is -0.588. The van der Waals surface area contributed by atoms with Gasteiger partial charge in [-0.15, -0.1) is 0 Å². The van der Waals surface area contributed by atoms with Crippen LogP contribution in [-0.4, -0.2) is 57.6 Å². The van der Waals surface area contributed by atoms with Gasteiger partial charge >= 0.3 is 17.9 Å². The van der Waals surface area contributed by atoms with Gasteiger partial charge in [-0.1, -0.05) is 0 Å². The van der Waals surface area contributed by atoms with Crippen LogP contribution in [0, 0.1) is 0 Å². The maximum atomic E-state index is 10.6. The van der Waals surface area contributed by atoms with E-state index in [-0.39, 0.29) is 33.6 Å². The third-order valence-corrected chi connectivity index (χ3v) is 1.86. The minimum absolute atomic E-state index is 0.0363. The van der Waals surface area contributed by atoms with E-state index < -0.39 is 24.0 Å². The molecular formula is C12H20O9. The number of hydrogen-bond acceptors (Lipinski definition) is 9. The van der Waals surface area contributed by atoms with E-state index in [1.54, 1.807) is 0 Å². The molecule has 0 aliphatic heterocycles. The molecule has 0 aromatic carbocycles. The number of esters is 3. The second-order valence-corrected chi connectivity index (χ2v) is 3.79. The molecule has 0 radical (unpaired) electrons. The quantitative estimate of drug-likeness (QED) is 0.225. The van der Waals surface area contributed by atoms with Crippen LogP contribution in [0.4, 0.5) is 0 Å². The molecule has 0 bridgehead atoms. The van der Waals surface area contributed by atoms with Crippen molar-refractivity contribution in [1.29, 1.82) is 0 Å². The second-order valence-electron chi connectivity index (χ2n) is 3.79. The minimum Gasteiger partial charge on any atom is -0.439 e. The molecule has 0 fully saturated rings. The van der Waals surface area contributed by atoms with Gasteiger partial charge in [0.2, 0.25) is 0 Å². The highest BCUT2D eigenvalue weighted by molar-refractivity contribution is 5.66. The Morgan fingerprint density at radius 1 is 0.714 bits per heavy atom. The standard InChI is InChI=1S/C12H20O9/c1-9(13)18-6-16-4-12(21-8-20-11(3)15)5-17-7-19-10(2)14/h12H,4-8H2,1-3H3.